The summed E-state index contributed by atoms with van der Waals surface area (Å²) in [5.74, 6) is -0.428. The number of para-hydroxylation sites is 2. The Hall–Kier alpha value is -1.82. The molecule has 0 radical (unpaired) electrons. The van der Waals surface area contributed by atoms with Crippen LogP contribution in [0.1, 0.15) is 33.1 Å². The molecular formula is C16H21N3O2S. The maximum atomic E-state index is 11.6. The van der Waals surface area contributed by atoms with Crippen molar-refractivity contribution in [3.63, 3.8) is 0 Å². The van der Waals surface area contributed by atoms with Crippen molar-refractivity contribution in [2.24, 2.45) is 0 Å². The maximum Gasteiger partial charge on any atom is 0.237 e. The van der Waals surface area contributed by atoms with E-state index in [4.69, 9.17) is 0 Å². The second-order valence-electron chi connectivity index (χ2n) is 5.13. The lowest BCUT2D eigenvalue weighted by Gasteiger charge is -2.08. The highest BCUT2D eigenvalue weighted by Crippen LogP contribution is 2.24. The molecule has 2 aromatic rings. The summed E-state index contributed by atoms with van der Waals surface area (Å²) < 4.78 is 2.16. The third kappa shape index (κ3) is 4.34. The lowest BCUT2D eigenvalue weighted by Crippen LogP contribution is -2.29. The molecule has 2 rings (SSSR count). The van der Waals surface area contributed by atoms with E-state index in [1.165, 1.54) is 25.1 Å². The van der Waals surface area contributed by atoms with Gasteiger partial charge < -0.3 is 4.57 Å². The van der Waals surface area contributed by atoms with E-state index in [0.29, 0.717) is 0 Å². The Kier molecular flexibility index (Phi) is 6.00. The smallest absolute Gasteiger partial charge is 0.237 e. The molecule has 2 amide bonds. The molecule has 118 valence electrons. The number of amides is 2. The average molecular weight is 319 g/mol. The minimum absolute atomic E-state index is 0.191. The normalized spacial score (nSPS) is 10.8. The highest BCUT2D eigenvalue weighted by molar-refractivity contribution is 7.99. The minimum Gasteiger partial charge on any atom is -0.319 e. The third-order valence-corrected chi connectivity index (χ3v) is 4.23. The largest absolute Gasteiger partial charge is 0.319 e. The number of aryl methyl sites for hydroxylation is 1. The average Bonchev–Trinajstić information content (AvgIpc) is 2.83. The van der Waals surface area contributed by atoms with Gasteiger partial charge in [0.2, 0.25) is 11.8 Å². The number of fused-ring (bicyclic) bond motifs is 1. The summed E-state index contributed by atoms with van der Waals surface area (Å²) in [6.45, 7) is 4.40. The zero-order valence-corrected chi connectivity index (χ0v) is 13.8. The maximum absolute atomic E-state index is 11.6. The zero-order chi connectivity index (χ0) is 15.9. The van der Waals surface area contributed by atoms with Crippen LogP contribution in [-0.4, -0.2) is 27.1 Å². The Morgan fingerprint density at radius 2 is 2.05 bits per heavy atom. The van der Waals surface area contributed by atoms with Crippen LogP contribution in [0, 0.1) is 0 Å². The number of aromatic nitrogens is 2. The Morgan fingerprint density at radius 1 is 1.27 bits per heavy atom. The van der Waals surface area contributed by atoms with E-state index >= 15 is 0 Å². The summed E-state index contributed by atoms with van der Waals surface area (Å²) >= 11 is 1.37. The van der Waals surface area contributed by atoms with Crippen LogP contribution in [0.25, 0.3) is 11.0 Å². The molecule has 0 aliphatic carbocycles. The van der Waals surface area contributed by atoms with Crippen LogP contribution in [0.15, 0.2) is 29.4 Å². The SMILES string of the molecule is CCCCCn1c(SCC(=O)NC(C)=O)nc2ccccc21. The van der Waals surface area contributed by atoms with Crippen molar-refractivity contribution in [2.45, 2.75) is 44.8 Å². The molecule has 1 heterocycles. The number of rotatable bonds is 7. The van der Waals surface area contributed by atoms with Crippen LogP contribution in [-0.2, 0) is 16.1 Å². The van der Waals surface area contributed by atoms with E-state index in [0.717, 1.165) is 35.6 Å². The van der Waals surface area contributed by atoms with E-state index in [1.807, 2.05) is 24.3 Å². The predicted molar refractivity (Wildman–Crippen MR) is 88.8 cm³/mol. The number of imide groups is 1. The first-order valence-electron chi connectivity index (χ1n) is 7.50. The lowest BCUT2D eigenvalue weighted by atomic mass is 10.2. The highest BCUT2D eigenvalue weighted by Gasteiger charge is 2.13. The fourth-order valence-corrected chi connectivity index (χ4v) is 3.10. The monoisotopic (exact) mass is 319 g/mol. The summed E-state index contributed by atoms with van der Waals surface area (Å²) in [4.78, 5) is 27.1. The van der Waals surface area contributed by atoms with E-state index in [2.05, 4.69) is 21.8 Å². The van der Waals surface area contributed by atoms with Gasteiger partial charge in [0, 0.05) is 13.5 Å². The second kappa shape index (κ2) is 7.98. The standard InChI is InChI=1S/C16H21N3O2S/c1-3-4-7-10-19-14-9-6-5-8-13(14)18-16(19)22-11-15(21)17-12(2)20/h5-6,8-9H,3-4,7,10-11H2,1-2H3,(H,17,20,21). The molecule has 0 atom stereocenters. The number of nitrogens with zero attached hydrogens (tertiary/aromatic N) is 2. The molecule has 0 saturated carbocycles. The number of hydrogen-bond acceptors (Lipinski definition) is 4. The predicted octanol–water partition coefficient (Wildman–Crippen LogP) is 2.98. The number of imidazole rings is 1. The summed E-state index contributed by atoms with van der Waals surface area (Å²) in [6.07, 6.45) is 3.42. The van der Waals surface area contributed by atoms with Gasteiger partial charge in [0.05, 0.1) is 16.8 Å². The molecule has 6 heteroatoms. The number of thioether (sulfide) groups is 1. The summed E-state index contributed by atoms with van der Waals surface area (Å²) in [5.41, 5.74) is 2.03. The molecule has 1 aromatic carbocycles. The number of nitrogens with one attached hydrogen (secondary N) is 1. The van der Waals surface area contributed by atoms with Crippen LogP contribution < -0.4 is 5.32 Å². The molecule has 0 spiro atoms. The molecule has 0 aliphatic rings. The Morgan fingerprint density at radius 3 is 2.77 bits per heavy atom. The van der Waals surface area contributed by atoms with Gasteiger partial charge in [-0.3, -0.25) is 14.9 Å². The zero-order valence-electron chi connectivity index (χ0n) is 13.0. The van der Waals surface area contributed by atoms with Crippen LogP contribution in [0.5, 0.6) is 0 Å². The fourth-order valence-electron chi connectivity index (χ4n) is 2.26. The molecule has 0 bridgehead atoms. The second-order valence-corrected chi connectivity index (χ2v) is 6.08. The third-order valence-electron chi connectivity index (χ3n) is 3.25. The summed E-state index contributed by atoms with van der Waals surface area (Å²) in [5, 5.41) is 3.11. The quantitative estimate of drug-likeness (QED) is 0.629. The molecule has 0 unspecified atom stereocenters. The van der Waals surface area contributed by atoms with Crippen molar-refractivity contribution in [3.05, 3.63) is 24.3 Å². The first-order chi connectivity index (χ1) is 10.6. The van der Waals surface area contributed by atoms with Crippen molar-refractivity contribution in [2.75, 3.05) is 5.75 Å². The van der Waals surface area contributed by atoms with Crippen molar-refractivity contribution in [1.29, 1.82) is 0 Å². The molecule has 0 fully saturated rings. The van der Waals surface area contributed by atoms with Gasteiger partial charge >= 0.3 is 0 Å². The lowest BCUT2D eigenvalue weighted by molar-refractivity contribution is -0.127. The Labute approximate surface area is 134 Å². The first-order valence-corrected chi connectivity index (χ1v) is 8.49. The van der Waals surface area contributed by atoms with E-state index in [9.17, 15) is 9.59 Å². The van der Waals surface area contributed by atoms with Crippen LogP contribution in [0.2, 0.25) is 0 Å². The number of unbranched alkanes of at least 4 members (excludes halogenated alkanes) is 2. The van der Waals surface area contributed by atoms with Gasteiger partial charge in [-0.25, -0.2) is 4.98 Å². The summed E-state index contributed by atoms with van der Waals surface area (Å²) in [6, 6.07) is 7.99. The van der Waals surface area contributed by atoms with Crippen molar-refractivity contribution in [1.82, 2.24) is 14.9 Å². The molecular weight excluding hydrogens is 298 g/mol. The molecule has 1 N–H and O–H groups in total. The minimum atomic E-state index is -0.331. The molecule has 0 saturated heterocycles. The fraction of sp³-hybridized carbons (Fsp3) is 0.438. The Balaban J connectivity index is 2.14. The number of hydrogen-bond donors (Lipinski definition) is 1. The number of carbonyl (C=O) groups excluding carboxylic acids is 2. The van der Waals surface area contributed by atoms with Crippen LogP contribution in [0.4, 0.5) is 0 Å². The molecule has 5 nitrogen and oxygen atoms in total. The van der Waals surface area contributed by atoms with Gasteiger partial charge in [-0.2, -0.15) is 0 Å². The van der Waals surface area contributed by atoms with Crippen molar-refractivity contribution >= 4 is 34.6 Å². The number of benzene rings is 1. The van der Waals surface area contributed by atoms with Gasteiger partial charge in [-0.1, -0.05) is 43.7 Å². The molecule has 0 aliphatic heterocycles. The van der Waals surface area contributed by atoms with Gasteiger partial charge in [0.15, 0.2) is 5.16 Å². The van der Waals surface area contributed by atoms with E-state index in [-0.39, 0.29) is 17.6 Å². The van der Waals surface area contributed by atoms with Gasteiger partial charge in [-0.05, 0) is 18.6 Å². The van der Waals surface area contributed by atoms with Gasteiger partial charge in [0.1, 0.15) is 0 Å². The van der Waals surface area contributed by atoms with Gasteiger partial charge in [-0.15, -0.1) is 0 Å². The van der Waals surface area contributed by atoms with E-state index < -0.39 is 0 Å². The van der Waals surface area contributed by atoms with Crippen LogP contribution in [0.3, 0.4) is 0 Å². The molecule has 1 aromatic heterocycles. The van der Waals surface area contributed by atoms with E-state index in [1.54, 1.807) is 0 Å². The summed E-state index contributed by atoms with van der Waals surface area (Å²) in [7, 11) is 0. The number of carbonyl (C=O) groups is 2. The van der Waals surface area contributed by atoms with Crippen molar-refractivity contribution < 1.29 is 9.59 Å². The highest BCUT2D eigenvalue weighted by atomic mass is 32.2. The first kappa shape index (κ1) is 16.5. The topological polar surface area (TPSA) is 64.0 Å². The molecule has 22 heavy (non-hydrogen) atoms. The van der Waals surface area contributed by atoms with Crippen molar-refractivity contribution in [3.8, 4) is 0 Å². The van der Waals surface area contributed by atoms with Gasteiger partial charge in [0.25, 0.3) is 0 Å². The van der Waals surface area contributed by atoms with Crippen LogP contribution >= 0.6 is 11.8 Å². The Bertz CT molecular complexity index is 666.